The van der Waals surface area contributed by atoms with Crippen molar-refractivity contribution >= 4 is 5.69 Å². The van der Waals surface area contributed by atoms with Crippen molar-refractivity contribution in [3.05, 3.63) is 29.8 Å². The number of aryl methyl sites for hydroxylation is 1. The highest BCUT2D eigenvalue weighted by Gasteiger charge is 2.16. The molecule has 2 nitrogen and oxygen atoms in total. The van der Waals surface area contributed by atoms with Gasteiger partial charge in [0.25, 0.3) is 0 Å². The third-order valence-electron chi connectivity index (χ3n) is 2.97. The Bertz CT molecular complexity index is 307. The van der Waals surface area contributed by atoms with Crippen molar-refractivity contribution in [3.63, 3.8) is 0 Å². The van der Waals surface area contributed by atoms with E-state index in [-0.39, 0.29) is 0 Å². The number of anilines is 1. The quantitative estimate of drug-likeness (QED) is 0.746. The lowest BCUT2D eigenvalue weighted by Gasteiger charge is -2.25. The van der Waals surface area contributed by atoms with Gasteiger partial charge in [-0.3, -0.25) is 0 Å². The van der Waals surface area contributed by atoms with Crippen LogP contribution in [0.5, 0.6) is 0 Å². The Labute approximate surface area is 91.6 Å². The smallest absolute Gasteiger partial charge is 0.0642 e. The first-order valence-electron chi connectivity index (χ1n) is 5.77. The highest BCUT2D eigenvalue weighted by atomic mass is 16.5. The molecule has 1 fully saturated rings. The molecule has 0 aliphatic heterocycles. The van der Waals surface area contributed by atoms with E-state index in [2.05, 4.69) is 36.5 Å². The van der Waals surface area contributed by atoms with E-state index in [1.807, 2.05) is 0 Å². The van der Waals surface area contributed by atoms with Crippen LogP contribution >= 0.6 is 0 Å². The lowest BCUT2D eigenvalue weighted by atomic mass is 9.96. The van der Waals surface area contributed by atoms with Gasteiger partial charge in [0, 0.05) is 12.2 Å². The van der Waals surface area contributed by atoms with Crippen LogP contribution in [0.4, 0.5) is 5.69 Å². The molecule has 0 spiro atoms. The predicted molar refractivity (Wildman–Crippen MR) is 63.3 cm³/mol. The molecule has 2 rings (SSSR count). The maximum atomic E-state index is 5.68. The molecule has 0 atom stereocenters. The molecule has 0 radical (unpaired) electrons. The van der Waals surface area contributed by atoms with E-state index in [0.717, 1.165) is 13.2 Å². The van der Waals surface area contributed by atoms with Gasteiger partial charge in [0.2, 0.25) is 0 Å². The highest BCUT2D eigenvalue weighted by molar-refractivity contribution is 5.50. The molecular weight excluding hydrogens is 186 g/mol. The minimum Gasteiger partial charge on any atom is -0.383 e. The van der Waals surface area contributed by atoms with E-state index >= 15 is 0 Å². The van der Waals surface area contributed by atoms with Gasteiger partial charge in [0.05, 0.1) is 12.7 Å². The second kappa shape index (κ2) is 5.17. The number of para-hydroxylation sites is 1. The summed E-state index contributed by atoms with van der Waals surface area (Å²) in [6.45, 7) is 3.84. The molecule has 15 heavy (non-hydrogen) atoms. The first-order valence-corrected chi connectivity index (χ1v) is 5.77. The number of nitrogens with one attached hydrogen (secondary N) is 1. The van der Waals surface area contributed by atoms with Crippen molar-refractivity contribution in [2.45, 2.75) is 32.3 Å². The third kappa shape index (κ3) is 2.96. The Hall–Kier alpha value is -1.02. The number of benzene rings is 1. The Morgan fingerprint density at radius 2 is 2.13 bits per heavy atom. The first-order chi connectivity index (χ1) is 7.36. The molecule has 0 aromatic heterocycles. The van der Waals surface area contributed by atoms with Crippen LogP contribution in [0, 0.1) is 6.92 Å². The van der Waals surface area contributed by atoms with Crippen molar-refractivity contribution in [3.8, 4) is 0 Å². The lowest BCUT2D eigenvalue weighted by Crippen LogP contribution is -2.24. The molecule has 1 aromatic rings. The number of hydrogen-bond donors (Lipinski definition) is 1. The monoisotopic (exact) mass is 205 g/mol. The minimum absolute atomic E-state index is 0.545. The molecule has 1 aromatic carbocycles. The number of ether oxygens (including phenoxy) is 1. The van der Waals surface area contributed by atoms with Crippen molar-refractivity contribution in [2.75, 3.05) is 18.5 Å². The molecule has 0 saturated heterocycles. The van der Waals surface area contributed by atoms with Crippen molar-refractivity contribution in [1.82, 2.24) is 0 Å². The van der Waals surface area contributed by atoms with Crippen molar-refractivity contribution < 1.29 is 4.74 Å². The van der Waals surface area contributed by atoms with Gasteiger partial charge in [0.1, 0.15) is 0 Å². The molecule has 1 aliphatic rings. The van der Waals surface area contributed by atoms with E-state index < -0.39 is 0 Å². The summed E-state index contributed by atoms with van der Waals surface area (Å²) in [7, 11) is 0. The normalized spacial score (nSPS) is 16.1. The summed E-state index contributed by atoms with van der Waals surface area (Å²) in [6.07, 6.45) is 4.40. The van der Waals surface area contributed by atoms with Crippen LogP contribution in [0.2, 0.25) is 0 Å². The van der Waals surface area contributed by atoms with Gasteiger partial charge < -0.3 is 10.1 Å². The predicted octanol–water partition coefficient (Wildman–Crippen LogP) is 2.98. The van der Waals surface area contributed by atoms with Crippen molar-refractivity contribution in [1.29, 1.82) is 0 Å². The van der Waals surface area contributed by atoms with Crippen LogP contribution in [0.3, 0.4) is 0 Å². The molecule has 2 heteroatoms. The zero-order valence-electron chi connectivity index (χ0n) is 9.33. The largest absolute Gasteiger partial charge is 0.383 e. The van der Waals surface area contributed by atoms with Gasteiger partial charge in [-0.1, -0.05) is 18.2 Å². The Morgan fingerprint density at radius 3 is 2.80 bits per heavy atom. The molecule has 82 valence electrons. The summed E-state index contributed by atoms with van der Waals surface area (Å²) >= 11 is 0. The van der Waals surface area contributed by atoms with Gasteiger partial charge in [-0.2, -0.15) is 0 Å². The fourth-order valence-corrected chi connectivity index (χ4v) is 1.72. The van der Waals surface area contributed by atoms with Crippen LogP contribution in [0.25, 0.3) is 0 Å². The van der Waals surface area contributed by atoms with Crippen LogP contribution in [0.1, 0.15) is 24.8 Å². The van der Waals surface area contributed by atoms with E-state index in [9.17, 15) is 0 Å². The molecular formula is C13H19NO. The highest BCUT2D eigenvalue weighted by Crippen LogP contribution is 2.21. The summed E-state index contributed by atoms with van der Waals surface area (Å²) in [5.41, 5.74) is 2.51. The summed E-state index contributed by atoms with van der Waals surface area (Å²) in [5, 5.41) is 3.39. The average Bonchev–Trinajstić information content (AvgIpc) is 2.17. The zero-order valence-corrected chi connectivity index (χ0v) is 9.33. The molecule has 1 aliphatic carbocycles. The van der Waals surface area contributed by atoms with Crippen LogP contribution in [0.15, 0.2) is 24.3 Å². The maximum absolute atomic E-state index is 5.68. The maximum Gasteiger partial charge on any atom is 0.0642 e. The van der Waals surface area contributed by atoms with E-state index in [1.54, 1.807) is 0 Å². The van der Waals surface area contributed by atoms with E-state index in [1.165, 1.54) is 30.5 Å². The Balaban J connectivity index is 1.66. The van der Waals surface area contributed by atoms with E-state index in [4.69, 9.17) is 4.74 Å². The Kier molecular flexibility index (Phi) is 3.62. The second-order valence-corrected chi connectivity index (χ2v) is 4.17. The number of hydrogen-bond acceptors (Lipinski definition) is 2. The van der Waals surface area contributed by atoms with Gasteiger partial charge in [-0.05, 0) is 37.8 Å². The molecule has 0 amide bonds. The van der Waals surface area contributed by atoms with Gasteiger partial charge >= 0.3 is 0 Å². The SMILES string of the molecule is Cc1ccccc1NCCOC1CCC1. The minimum atomic E-state index is 0.545. The van der Waals surface area contributed by atoms with Crippen molar-refractivity contribution in [2.24, 2.45) is 0 Å². The molecule has 0 bridgehead atoms. The van der Waals surface area contributed by atoms with Gasteiger partial charge in [-0.15, -0.1) is 0 Å². The Morgan fingerprint density at radius 1 is 1.33 bits per heavy atom. The van der Waals surface area contributed by atoms with Crippen LogP contribution in [-0.2, 0) is 4.74 Å². The lowest BCUT2D eigenvalue weighted by molar-refractivity contribution is 0.00812. The first kappa shape index (κ1) is 10.5. The molecule has 0 heterocycles. The topological polar surface area (TPSA) is 21.3 Å². The van der Waals surface area contributed by atoms with Crippen LogP contribution < -0.4 is 5.32 Å². The molecule has 1 N–H and O–H groups in total. The average molecular weight is 205 g/mol. The zero-order chi connectivity index (χ0) is 10.5. The number of rotatable bonds is 5. The fourth-order valence-electron chi connectivity index (χ4n) is 1.72. The third-order valence-corrected chi connectivity index (χ3v) is 2.97. The standard InChI is InChI=1S/C13H19NO/c1-11-5-2-3-8-13(11)14-9-10-15-12-6-4-7-12/h2-3,5,8,12,14H,4,6-7,9-10H2,1H3. The van der Waals surface area contributed by atoms with E-state index in [0.29, 0.717) is 6.10 Å². The van der Waals surface area contributed by atoms with Gasteiger partial charge in [-0.25, -0.2) is 0 Å². The summed E-state index contributed by atoms with van der Waals surface area (Å²) in [5.74, 6) is 0. The van der Waals surface area contributed by atoms with Gasteiger partial charge in [0.15, 0.2) is 0 Å². The fraction of sp³-hybridized carbons (Fsp3) is 0.538. The second-order valence-electron chi connectivity index (χ2n) is 4.17. The molecule has 0 unspecified atom stereocenters. The summed E-state index contributed by atoms with van der Waals surface area (Å²) in [4.78, 5) is 0. The summed E-state index contributed by atoms with van der Waals surface area (Å²) in [6, 6.07) is 8.35. The van der Waals surface area contributed by atoms with Crippen LogP contribution in [-0.4, -0.2) is 19.3 Å². The summed E-state index contributed by atoms with van der Waals surface area (Å²) < 4.78 is 5.68. The molecule has 1 saturated carbocycles.